The number of carbonyl (C=O) groups is 1. The summed E-state index contributed by atoms with van der Waals surface area (Å²) in [4.78, 5) is 12.4. The predicted molar refractivity (Wildman–Crippen MR) is 84.1 cm³/mol. The summed E-state index contributed by atoms with van der Waals surface area (Å²) < 4.78 is 5.70. The number of ether oxygens (including phenoxy) is 1. The van der Waals surface area contributed by atoms with Crippen LogP contribution >= 0.6 is 11.6 Å². The molecule has 1 heterocycles. The highest BCUT2D eigenvalue weighted by atomic mass is 35.5. The van der Waals surface area contributed by atoms with Gasteiger partial charge in [0.2, 0.25) is 0 Å². The highest BCUT2D eigenvalue weighted by Crippen LogP contribution is 2.31. The highest BCUT2D eigenvalue weighted by Gasteiger charge is 2.29. The molecule has 2 aromatic rings. The average Bonchev–Trinajstić information content (AvgIpc) is 2.86. The molecule has 3 rings (SSSR count). The van der Waals surface area contributed by atoms with Gasteiger partial charge in [-0.1, -0.05) is 23.7 Å². The van der Waals surface area contributed by atoms with Gasteiger partial charge in [-0.25, -0.2) is 0 Å². The van der Waals surface area contributed by atoms with Gasteiger partial charge in [-0.15, -0.1) is 0 Å². The van der Waals surface area contributed by atoms with E-state index >= 15 is 0 Å². The number of hydrogen-bond acceptors (Lipinski definition) is 2. The van der Waals surface area contributed by atoms with Crippen molar-refractivity contribution in [2.24, 2.45) is 0 Å². The monoisotopic (exact) mass is 301 g/mol. The minimum Gasteiger partial charge on any atom is -0.480 e. The number of benzene rings is 2. The molecule has 0 fully saturated rings. The number of anilines is 1. The lowest BCUT2D eigenvalue weighted by molar-refractivity contribution is -0.122. The van der Waals surface area contributed by atoms with E-state index in [2.05, 4.69) is 5.32 Å². The van der Waals surface area contributed by atoms with Gasteiger partial charge in [-0.3, -0.25) is 4.79 Å². The molecule has 1 atom stereocenters. The number of nitrogens with one attached hydrogen (secondary N) is 1. The maximum absolute atomic E-state index is 12.4. The molecule has 21 heavy (non-hydrogen) atoms. The minimum absolute atomic E-state index is 0.129. The molecule has 1 N–H and O–H groups in total. The van der Waals surface area contributed by atoms with Crippen LogP contribution in [0.15, 0.2) is 36.4 Å². The van der Waals surface area contributed by atoms with Gasteiger partial charge in [-0.2, -0.15) is 0 Å². The van der Waals surface area contributed by atoms with Gasteiger partial charge in [0.05, 0.1) is 0 Å². The minimum atomic E-state index is -0.502. The molecule has 0 radical (unpaired) electrons. The number of rotatable bonds is 2. The van der Waals surface area contributed by atoms with E-state index in [1.807, 2.05) is 44.2 Å². The second kappa shape index (κ2) is 5.41. The van der Waals surface area contributed by atoms with Crippen LogP contribution in [0.5, 0.6) is 5.75 Å². The van der Waals surface area contributed by atoms with Crippen molar-refractivity contribution in [3.05, 3.63) is 58.1 Å². The summed E-state index contributed by atoms with van der Waals surface area (Å²) >= 11 is 5.96. The Morgan fingerprint density at radius 2 is 2.05 bits per heavy atom. The predicted octanol–water partition coefficient (Wildman–Crippen LogP) is 3.90. The SMILES string of the molecule is Cc1ccc(C)c(NC(=O)C2Cc3cc(Cl)ccc3O2)c1. The first-order chi connectivity index (χ1) is 10.0. The molecule has 0 aliphatic carbocycles. The van der Waals surface area contributed by atoms with Crippen molar-refractivity contribution in [2.75, 3.05) is 5.32 Å². The number of halogens is 1. The van der Waals surface area contributed by atoms with Gasteiger partial charge < -0.3 is 10.1 Å². The number of fused-ring (bicyclic) bond motifs is 1. The van der Waals surface area contributed by atoms with Gasteiger partial charge in [0.15, 0.2) is 6.10 Å². The molecule has 4 heteroatoms. The summed E-state index contributed by atoms with van der Waals surface area (Å²) in [5.41, 5.74) is 3.95. The van der Waals surface area contributed by atoms with E-state index in [0.29, 0.717) is 11.4 Å². The molecule has 3 nitrogen and oxygen atoms in total. The van der Waals surface area contributed by atoms with E-state index in [0.717, 1.165) is 28.1 Å². The van der Waals surface area contributed by atoms with Gasteiger partial charge in [0, 0.05) is 17.1 Å². The third-order valence-electron chi connectivity index (χ3n) is 3.64. The van der Waals surface area contributed by atoms with E-state index in [1.165, 1.54) is 0 Å². The molecule has 1 amide bonds. The molecule has 0 saturated carbocycles. The largest absolute Gasteiger partial charge is 0.480 e. The Balaban J connectivity index is 1.74. The van der Waals surface area contributed by atoms with Crippen molar-refractivity contribution in [2.45, 2.75) is 26.4 Å². The molecule has 0 bridgehead atoms. The fourth-order valence-electron chi connectivity index (χ4n) is 2.45. The Labute approximate surface area is 128 Å². The Kier molecular flexibility index (Phi) is 3.60. The first-order valence-corrected chi connectivity index (χ1v) is 7.24. The molecule has 1 aliphatic heterocycles. The normalized spacial score (nSPS) is 16.2. The number of carbonyl (C=O) groups excluding carboxylic acids is 1. The number of hydrogen-bond donors (Lipinski definition) is 1. The van der Waals surface area contributed by atoms with Gasteiger partial charge >= 0.3 is 0 Å². The van der Waals surface area contributed by atoms with Gasteiger partial charge in [0.25, 0.3) is 5.91 Å². The van der Waals surface area contributed by atoms with Crippen LogP contribution in [-0.4, -0.2) is 12.0 Å². The van der Waals surface area contributed by atoms with E-state index in [-0.39, 0.29) is 5.91 Å². The van der Waals surface area contributed by atoms with E-state index in [1.54, 1.807) is 6.07 Å². The van der Waals surface area contributed by atoms with Gasteiger partial charge in [-0.05, 0) is 54.8 Å². The number of aryl methyl sites for hydroxylation is 2. The summed E-state index contributed by atoms with van der Waals surface area (Å²) in [5, 5.41) is 3.61. The van der Waals surface area contributed by atoms with Crippen LogP contribution in [0.1, 0.15) is 16.7 Å². The van der Waals surface area contributed by atoms with Crippen molar-refractivity contribution >= 4 is 23.2 Å². The summed E-state index contributed by atoms with van der Waals surface area (Å²) in [5.74, 6) is 0.608. The summed E-state index contributed by atoms with van der Waals surface area (Å²) in [7, 11) is 0. The van der Waals surface area contributed by atoms with Crippen LogP contribution in [0.2, 0.25) is 5.02 Å². The van der Waals surface area contributed by atoms with E-state index in [4.69, 9.17) is 16.3 Å². The second-order valence-corrected chi connectivity index (χ2v) is 5.81. The third-order valence-corrected chi connectivity index (χ3v) is 3.88. The molecule has 1 unspecified atom stereocenters. The third kappa shape index (κ3) is 2.88. The Morgan fingerprint density at radius 1 is 1.24 bits per heavy atom. The molecule has 0 aromatic heterocycles. The molecule has 0 saturated heterocycles. The lowest BCUT2D eigenvalue weighted by atomic mass is 10.1. The van der Waals surface area contributed by atoms with Crippen LogP contribution in [-0.2, 0) is 11.2 Å². The summed E-state index contributed by atoms with van der Waals surface area (Å²) in [6.45, 7) is 3.97. The molecule has 108 valence electrons. The standard InChI is InChI=1S/C17H16ClNO2/c1-10-3-4-11(2)14(7-10)19-17(20)16-9-12-8-13(18)5-6-15(12)21-16/h3-8,16H,9H2,1-2H3,(H,19,20). The topological polar surface area (TPSA) is 38.3 Å². The van der Waals surface area contributed by atoms with E-state index in [9.17, 15) is 4.79 Å². The highest BCUT2D eigenvalue weighted by molar-refractivity contribution is 6.30. The van der Waals surface area contributed by atoms with Crippen LogP contribution in [0.3, 0.4) is 0 Å². The average molecular weight is 302 g/mol. The zero-order valence-electron chi connectivity index (χ0n) is 11.9. The zero-order chi connectivity index (χ0) is 15.0. The maximum Gasteiger partial charge on any atom is 0.265 e. The van der Waals surface area contributed by atoms with Crippen LogP contribution in [0.4, 0.5) is 5.69 Å². The van der Waals surface area contributed by atoms with E-state index < -0.39 is 6.10 Å². The lowest BCUT2D eigenvalue weighted by Crippen LogP contribution is -2.31. The fourth-order valence-corrected chi connectivity index (χ4v) is 2.64. The first kappa shape index (κ1) is 14.0. The van der Waals surface area contributed by atoms with Gasteiger partial charge in [0.1, 0.15) is 5.75 Å². The molecular weight excluding hydrogens is 286 g/mol. The molecule has 1 aliphatic rings. The molecule has 0 spiro atoms. The Bertz CT molecular complexity index is 712. The van der Waals surface area contributed by atoms with Crippen molar-refractivity contribution in [3.8, 4) is 5.75 Å². The second-order valence-electron chi connectivity index (χ2n) is 5.37. The van der Waals surface area contributed by atoms with Crippen LogP contribution in [0, 0.1) is 13.8 Å². The molecular formula is C17H16ClNO2. The van der Waals surface area contributed by atoms with Crippen LogP contribution in [0.25, 0.3) is 0 Å². The van der Waals surface area contributed by atoms with Crippen LogP contribution < -0.4 is 10.1 Å². The lowest BCUT2D eigenvalue weighted by Gasteiger charge is -2.13. The fraction of sp³-hybridized carbons (Fsp3) is 0.235. The molecule has 2 aromatic carbocycles. The van der Waals surface area contributed by atoms with Crippen molar-refractivity contribution < 1.29 is 9.53 Å². The maximum atomic E-state index is 12.4. The van der Waals surface area contributed by atoms with Crippen molar-refractivity contribution in [1.82, 2.24) is 0 Å². The summed E-state index contributed by atoms with van der Waals surface area (Å²) in [6.07, 6.45) is 0.0467. The summed E-state index contributed by atoms with van der Waals surface area (Å²) in [6, 6.07) is 11.4. The Hall–Kier alpha value is -2.00. The van der Waals surface area contributed by atoms with Crippen molar-refractivity contribution in [3.63, 3.8) is 0 Å². The number of amides is 1. The van der Waals surface area contributed by atoms with Crippen molar-refractivity contribution in [1.29, 1.82) is 0 Å². The smallest absolute Gasteiger partial charge is 0.265 e. The zero-order valence-corrected chi connectivity index (χ0v) is 12.7. The Morgan fingerprint density at radius 3 is 2.86 bits per heavy atom. The quantitative estimate of drug-likeness (QED) is 0.913. The first-order valence-electron chi connectivity index (χ1n) is 6.86.